The molecule has 1 aromatic carbocycles. The highest BCUT2D eigenvalue weighted by Gasteiger charge is 2.34. The lowest BCUT2D eigenvalue weighted by atomic mass is 10.0. The number of rotatable bonds is 4. The van der Waals surface area contributed by atoms with Gasteiger partial charge in [-0.15, -0.1) is 11.3 Å². The van der Waals surface area contributed by atoms with Crippen molar-refractivity contribution < 1.29 is 18.8 Å². The average Bonchev–Trinajstić information content (AvgIpc) is 3.47. The molecule has 1 saturated heterocycles. The van der Waals surface area contributed by atoms with Crippen LogP contribution in [0.5, 0.6) is 0 Å². The van der Waals surface area contributed by atoms with Gasteiger partial charge in [-0.05, 0) is 38.3 Å². The minimum absolute atomic E-state index is 0.192. The maximum absolute atomic E-state index is 12.8. The summed E-state index contributed by atoms with van der Waals surface area (Å²) in [5, 5.41) is 0.733. The molecule has 0 bridgehead atoms. The fourth-order valence-corrected chi connectivity index (χ4v) is 4.53. The highest BCUT2D eigenvalue weighted by Crippen LogP contribution is 2.27. The summed E-state index contributed by atoms with van der Waals surface area (Å²) in [7, 11) is 0. The zero-order valence-electron chi connectivity index (χ0n) is 17.0. The summed E-state index contributed by atoms with van der Waals surface area (Å²) in [6, 6.07) is 12.1. The van der Waals surface area contributed by atoms with E-state index < -0.39 is 17.9 Å². The van der Waals surface area contributed by atoms with E-state index in [4.69, 9.17) is 4.42 Å². The van der Waals surface area contributed by atoms with E-state index in [1.807, 2.05) is 30.3 Å². The predicted octanol–water partition coefficient (Wildman–Crippen LogP) is 3.17. The van der Waals surface area contributed by atoms with E-state index in [9.17, 15) is 14.4 Å². The quantitative estimate of drug-likeness (QED) is 0.609. The number of aromatic nitrogens is 1. The van der Waals surface area contributed by atoms with Crippen LogP contribution in [0, 0.1) is 6.92 Å². The smallest absolute Gasteiger partial charge is 0.290 e. The van der Waals surface area contributed by atoms with Crippen LogP contribution in [0.2, 0.25) is 0 Å². The van der Waals surface area contributed by atoms with Crippen molar-refractivity contribution in [3.63, 3.8) is 0 Å². The summed E-state index contributed by atoms with van der Waals surface area (Å²) in [6.45, 7) is 2.21. The van der Waals surface area contributed by atoms with Crippen molar-refractivity contribution >= 4 is 29.1 Å². The third-order valence-corrected chi connectivity index (χ3v) is 6.33. The van der Waals surface area contributed by atoms with Gasteiger partial charge in [0, 0.05) is 12.1 Å². The van der Waals surface area contributed by atoms with E-state index in [0.29, 0.717) is 23.5 Å². The molecule has 31 heavy (non-hydrogen) atoms. The molecule has 3 heterocycles. The average molecular weight is 439 g/mol. The molecule has 1 aliphatic rings. The first-order valence-corrected chi connectivity index (χ1v) is 10.8. The third-order valence-electron chi connectivity index (χ3n) is 5.12. The topological polar surface area (TPSA) is 105 Å². The van der Waals surface area contributed by atoms with Crippen LogP contribution in [0.25, 0.3) is 10.6 Å². The van der Waals surface area contributed by atoms with Gasteiger partial charge in [-0.1, -0.05) is 30.3 Å². The zero-order chi connectivity index (χ0) is 21.8. The molecule has 3 amide bonds. The number of benzene rings is 1. The Hall–Kier alpha value is -3.46. The largest absolute Gasteiger partial charge is 0.459 e. The molecule has 8 nitrogen and oxygen atoms in total. The second kappa shape index (κ2) is 9.13. The standard InChI is InChI=1S/C22H22N4O4S/c1-14-18(31-21(23-14)15-8-3-2-4-9-15)20(28)25-24-19(27)16-10-5-6-12-26(16)22(29)17-11-7-13-30-17/h2-4,7-9,11,13,16H,5-6,10,12H2,1H3,(H,24,27)(H,25,28). The van der Waals surface area contributed by atoms with E-state index in [2.05, 4.69) is 15.8 Å². The van der Waals surface area contributed by atoms with Crippen LogP contribution in [-0.2, 0) is 4.79 Å². The van der Waals surface area contributed by atoms with Gasteiger partial charge in [0.2, 0.25) is 0 Å². The van der Waals surface area contributed by atoms with Crippen LogP contribution < -0.4 is 10.9 Å². The number of nitrogens with zero attached hydrogens (tertiary/aromatic N) is 2. The summed E-state index contributed by atoms with van der Waals surface area (Å²) in [4.78, 5) is 44.5. The Labute approximate surface area is 183 Å². The summed E-state index contributed by atoms with van der Waals surface area (Å²) in [6.07, 6.45) is 3.58. The lowest BCUT2D eigenvalue weighted by Gasteiger charge is -2.34. The second-order valence-corrected chi connectivity index (χ2v) is 8.23. The number of amides is 3. The van der Waals surface area contributed by atoms with Gasteiger partial charge in [0.25, 0.3) is 17.7 Å². The summed E-state index contributed by atoms with van der Waals surface area (Å²) >= 11 is 1.26. The molecule has 160 valence electrons. The van der Waals surface area contributed by atoms with Gasteiger partial charge >= 0.3 is 0 Å². The molecular weight excluding hydrogens is 416 g/mol. The number of hydrogen-bond donors (Lipinski definition) is 2. The monoisotopic (exact) mass is 438 g/mol. The molecule has 3 aromatic rings. The molecule has 4 rings (SSSR count). The number of carbonyl (C=O) groups is 3. The van der Waals surface area contributed by atoms with Crippen molar-refractivity contribution in [2.24, 2.45) is 0 Å². The second-order valence-electron chi connectivity index (χ2n) is 7.23. The number of likely N-dealkylation sites (tertiary alicyclic amines) is 1. The molecule has 2 N–H and O–H groups in total. The Morgan fingerprint density at radius 2 is 1.90 bits per heavy atom. The van der Waals surface area contributed by atoms with Crippen LogP contribution in [-0.4, -0.2) is 40.2 Å². The maximum atomic E-state index is 12.8. The fraction of sp³-hybridized carbons (Fsp3) is 0.273. The predicted molar refractivity (Wildman–Crippen MR) is 115 cm³/mol. The Balaban J connectivity index is 1.41. The van der Waals surface area contributed by atoms with Crippen LogP contribution in [0.15, 0.2) is 53.1 Å². The van der Waals surface area contributed by atoms with Gasteiger partial charge in [0.05, 0.1) is 12.0 Å². The van der Waals surface area contributed by atoms with Crippen LogP contribution in [0.3, 0.4) is 0 Å². The zero-order valence-corrected chi connectivity index (χ0v) is 17.8. The Kier molecular flexibility index (Phi) is 6.13. The lowest BCUT2D eigenvalue weighted by Crippen LogP contribution is -2.55. The summed E-state index contributed by atoms with van der Waals surface area (Å²) in [5.41, 5.74) is 6.45. The lowest BCUT2D eigenvalue weighted by molar-refractivity contribution is -0.127. The van der Waals surface area contributed by atoms with E-state index in [-0.39, 0.29) is 11.7 Å². The number of thiazole rings is 1. The first-order valence-electron chi connectivity index (χ1n) is 10.0. The Morgan fingerprint density at radius 3 is 2.65 bits per heavy atom. The fourth-order valence-electron chi connectivity index (χ4n) is 3.56. The van der Waals surface area contributed by atoms with Crippen molar-refractivity contribution in [3.05, 3.63) is 65.1 Å². The SMILES string of the molecule is Cc1nc(-c2ccccc2)sc1C(=O)NNC(=O)C1CCCCN1C(=O)c1ccco1. The highest BCUT2D eigenvalue weighted by atomic mass is 32.1. The Morgan fingerprint density at radius 1 is 1.10 bits per heavy atom. The normalized spacial score (nSPS) is 16.0. The summed E-state index contributed by atoms with van der Waals surface area (Å²) in [5.74, 6) is -1.01. The molecule has 0 spiro atoms. The number of piperidine rings is 1. The van der Waals surface area contributed by atoms with E-state index in [1.165, 1.54) is 22.5 Å². The van der Waals surface area contributed by atoms with Gasteiger partial charge in [0.15, 0.2) is 5.76 Å². The van der Waals surface area contributed by atoms with Crippen molar-refractivity contribution in [2.45, 2.75) is 32.2 Å². The molecular formula is C22H22N4O4S. The van der Waals surface area contributed by atoms with Crippen LogP contribution in [0.1, 0.15) is 45.2 Å². The number of hydrogen-bond acceptors (Lipinski definition) is 6. The molecule has 1 aliphatic heterocycles. The number of carbonyl (C=O) groups excluding carboxylic acids is 3. The molecule has 9 heteroatoms. The van der Waals surface area contributed by atoms with Gasteiger partial charge in [-0.25, -0.2) is 4.98 Å². The van der Waals surface area contributed by atoms with Crippen molar-refractivity contribution in [2.75, 3.05) is 6.54 Å². The maximum Gasteiger partial charge on any atom is 0.290 e. The highest BCUT2D eigenvalue weighted by molar-refractivity contribution is 7.17. The number of furan rings is 1. The van der Waals surface area contributed by atoms with E-state index in [0.717, 1.165) is 23.4 Å². The van der Waals surface area contributed by atoms with Gasteiger partial charge in [0.1, 0.15) is 15.9 Å². The Bertz CT molecular complexity index is 1080. The number of hydrazine groups is 1. The minimum Gasteiger partial charge on any atom is -0.459 e. The summed E-state index contributed by atoms with van der Waals surface area (Å²) < 4.78 is 5.19. The third kappa shape index (κ3) is 4.51. The molecule has 1 unspecified atom stereocenters. The van der Waals surface area contributed by atoms with Gasteiger partial charge < -0.3 is 9.32 Å². The first-order chi connectivity index (χ1) is 15.0. The van der Waals surface area contributed by atoms with Crippen LogP contribution >= 0.6 is 11.3 Å². The first kappa shape index (κ1) is 20.8. The molecule has 0 radical (unpaired) electrons. The van der Waals surface area contributed by atoms with E-state index >= 15 is 0 Å². The molecule has 1 atom stereocenters. The number of aryl methyl sites for hydroxylation is 1. The molecule has 2 aromatic heterocycles. The van der Waals surface area contributed by atoms with Gasteiger partial charge in [-0.3, -0.25) is 25.2 Å². The molecule has 1 fully saturated rings. The number of nitrogens with one attached hydrogen (secondary N) is 2. The van der Waals surface area contributed by atoms with Crippen LogP contribution in [0.4, 0.5) is 0 Å². The molecule has 0 saturated carbocycles. The van der Waals surface area contributed by atoms with Crippen molar-refractivity contribution in [1.29, 1.82) is 0 Å². The van der Waals surface area contributed by atoms with E-state index in [1.54, 1.807) is 19.1 Å². The van der Waals surface area contributed by atoms with Gasteiger partial charge in [-0.2, -0.15) is 0 Å². The molecule has 0 aliphatic carbocycles. The van der Waals surface area contributed by atoms with Crippen molar-refractivity contribution in [1.82, 2.24) is 20.7 Å². The minimum atomic E-state index is -0.672. The van der Waals surface area contributed by atoms with Crippen molar-refractivity contribution in [3.8, 4) is 10.6 Å².